The number of nitrogens with one attached hydrogen (secondary N) is 2. The van der Waals surface area contributed by atoms with Crippen LogP contribution in [0, 0.1) is 47.8 Å². The number of aromatic hydroxyl groups is 1. The predicted octanol–water partition coefficient (Wildman–Crippen LogP) is 6.13. The van der Waals surface area contributed by atoms with Crippen molar-refractivity contribution in [1.82, 2.24) is 15.2 Å². The molecule has 3 aromatic carbocycles. The van der Waals surface area contributed by atoms with E-state index in [1.807, 2.05) is 13.8 Å². The van der Waals surface area contributed by atoms with Gasteiger partial charge in [-0.3, -0.25) is 38.5 Å². The number of benzene rings is 3. The van der Waals surface area contributed by atoms with Gasteiger partial charge in [-0.1, -0.05) is 80.5 Å². The van der Waals surface area contributed by atoms with E-state index in [4.69, 9.17) is 33.1 Å². The molecule has 5 N–H and O–H groups in total. The Morgan fingerprint density at radius 1 is 0.897 bits per heavy atom. The van der Waals surface area contributed by atoms with Crippen LogP contribution in [0.3, 0.4) is 0 Å². The van der Waals surface area contributed by atoms with Crippen LogP contribution in [0.25, 0.3) is 38.7 Å². The Bertz CT molecular complexity index is 3610. The van der Waals surface area contributed by atoms with Crippen molar-refractivity contribution in [2.24, 2.45) is 40.9 Å². The number of aromatic nitrogens is 1. The first-order valence-electron chi connectivity index (χ1n) is 29.4. The minimum atomic E-state index is -2.01. The van der Waals surface area contributed by atoms with E-state index in [1.165, 1.54) is 66.0 Å². The molecule has 4 aliphatic rings. The topological polar surface area (TPSA) is 317 Å². The highest BCUT2D eigenvalue weighted by molar-refractivity contribution is 6.17. The molecule has 0 radical (unpaired) electrons. The van der Waals surface area contributed by atoms with Crippen LogP contribution in [0.2, 0.25) is 0 Å². The summed E-state index contributed by atoms with van der Waals surface area (Å²) in [6, 6.07) is 1.73. The molecule has 5 heterocycles. The smallest absolute Gasteiger partial charge is 0.307 e. The van der Waals surface area contributed by atoms with Gasteiger partial charge in [-0.2, -0.15) is 0 Å². The minimum absolute atomic E-state index is 0.00355. The van der Waals surface area contributed by atoms with Crippen molar-refractivity contribution < 1.29 is 77.0 Å². The molecule has 1 aromatic heterocycles. The molecule has 9 atom stereocenters. The van der Waals surface area contributed by atoms with Crippen LogP contribution in [0.15, 0.2) is 62.3 Å². The lowest BCUT2D eigenvalue weighted by molar-refractivity contribution is -0.164. The summed E-state index contributed by atoms with van der Waals surface area (Å²) in [5.41, 5.74) is -3.17. The fourth-order valence-corrected chi connectivity index (χ4v) is 11.4. The number of nitrogens with zero attached hydrogens (tertiary/aromatic N) is 3. The number of aldehydes is 2. The van der Waals surface area contributed by atoms with Gasteiger partial charge in [0.05, 0.1) is 41.4 Å². The van der Waals surface area contributed by atoms with Gasteiger partial charge in [0.2, 0.25) is 16.8 Å². The zero-order valence-corrected chi connectivity index (χ0v) is 51.6. The van der Waals surface area contributed by atoms with Gasteiger partial charge in [-0.25, -0.2) is 4.98 Å². The molecule has 1 fully saturated rings. The summed E-state index contributed by atoms with van der Waals surface area (Å²) in [7, 11) is 0. The van der Waals surface area contributed by atoms with Crippen LogP contribution in [0.1, 0.15) is 108 Å². The number of ether oxygens (including phenoxy) is 5. The molecule has 0 aliphatic carbocycles. The van der Waals surface area contributed by atoms with Crippen molar-refractivity contribution in [2.45, 2.75) is 139 Å². The number of carbonyl (C=O) groups excluding carboxylic acids is 7. The number of hydrogen-bond donors (Lipinski definition) is 5. The van der Waals surface area contributed by atoms with Crippen LogP contribution in [0.5, 0.6) is 11.5 Å². The number of hydrogen-bond acceptors (Lipinski definition) is 21. The Kier molecular flexibility index (Phi) is 20.8. The maximum atomic E-state index is 15.1. The van der Waals surface area contributed by atoms with Crippen LogP contribution < -0.4 is 36.3 Å². The van der Waals surface area contributed by atoms with Crippen LogP contribution in [-0.2, 0) is 52.5 Å². The van der Waals surface area contributed by atoms with Gasteiger partial charge in [0.25, 0.3) is 5.91 Å². The molecule has 2 amide bonds. The number of phenolic OH excluding ortho intramolecular Hbond substituents is 1. The number of phenols is 1. The van der Waals surface area contributed by atoms with Crippen molar-refractivity contribution in [3.8, 4) is 11.5 Å². The van der Waals surface area contributed by atoms with E-state index < -0.39 is 129 Å². The van der Waals surface area contributed by atoms with E-state index in [1.54, 1.807) is 39.0 Å². The molecule has 0 saturated carbocycles. The van der Waals surface area contributed by atoms with E-state index in [0.717, 1.165) is 19.6 Å². The Labute approximate surface area is 503 Å². The average Bonchev–Trinajstić information content (AvgIpc) is 1.69. The van der Waals surface area contributed by atoms with Gasteiger partial charge in [0.15, 0.2) is 22.4 Å². The Morgan fingerprint density at radius 2 is 1.56 bits per heavy atom. The van der Waals surface area contributed by atoms with Gasteiger partial charge in [0, 0.05) is 105 Å². The van der Waals surface area contributed by atoms with Gasteiger partial charge < -0.3 is 68.5 Å². The molecule has 8 rings (SSSR count). The maximum absolute atomic E-state index is 15.1. The second-order valence-corrected chi connectivity index (χ2v) is 24.5. The monoisotopic (exact) mass is 1210 g/mol. The highest BCUT2D eigenvalue weighted by atomic mass is 16.7. The van der Waals surface area contributed by atoms with Gasteiger partial charge in [-0.05, 0) is 44.1 Å². The summed E-state index contributed by atoms with van der Waals surface area (Å²) in [5.74, 6) is -9.70. The summed E-state index contributed by atoms with van der Waals surface area (Å²) in [5, 5.41) is 40.9. The molecule has 4 aliphatic heterocycles. The van der Waals surface area contributed by atoms with Crippen molar-refractivity contribution in [2.75, 3.05) is 49.5 Å². The summed E-state index contributed by atoms with van der Waals surface area (Å²) in [4.78, 5) is 127. The SMILES string of the molecule is CC(=O)O[C@H]1[C@H](C)[C@H](O)[C@H](C)[C@@H](OC(=O)CCCOC(=O)CC(C)(C)C(=O)NC(C=O)C=O)[C@@H](C)/C=C/C=C(/C)C(=O)Nc2c(=O)c3c(O)c(C)c4c(c3c3nc5c(=O)cc(N6CCN(CC(C)C)CC6)cc5oc23)=C(O)[C@@](C)(O/C=C/[C@H](C)[C@H]1C)O4. The molecule has 23 nitrogen and oxygen atoms in total. The van der Waals surface area contributed by atoms with Gasteiger partial charge >= 0.3 is 23.7 Å². The maximum Gasteiger partial charge on any atom is 0.307 e. The quantitative estimate of drug-likeness (QED) is 0.0170. The van der Waals surface area contributed by atoms with Crippen LogP contribution in [0.4, 0.5) is 11.4 Å². The number of rotatable bonds is 15. The van der Waals surface area contributed by atoms with E-state index in [-0.39, 0.29) is 87.1 Å². The first-order chi connectivity index (χ1) is 40.9. The standard InChI is InChI=1S/C64H81N5O18/c1-32(2)29-68-20-22-69(23-21-68)42-26-43(73)50-44(27-42)85-59-51(66-50)47-48-54(77)39(9)58-49(47)60(79)64(13,87-58)83-25-19-33(3)36(6)57(84-40(10)72)38(8)53(76)37(7)56(34(4)16-14-17-35(5)61(80)67-52(59)55(48)78)86-45(74)18-15-24-82-46(75)28-63(11,12)62(81)65-41(30-70)31-71/h14,16-17,19,25-27,30-34,36-38,41,53,56-57,76-77,79H,15,18,20-24,28-29H2,1-13H3,(H,65,81)(H,67,80)/b16-14+,25-19+,35-17-/t33-,34-,36+,37-,38+,53+,56-,57+,64-/m0/s1. The Balaban J connectivity index is 1.29. The number of aliphatic hydroxyl groups is 2. The lowest BCUT2D eigenvalue weighted by atomic mass is 9.77. The van der Waals surface area contributed by atoms with Crippen molar-refractivity contribution in [1.29, 1.82) is 0 Å². The lowest BCUT2D eigenvalue weighted by Crippen LogP contribution is -2.47. The van der Waals surface area contributed by atoms with Crippen LogP contribution >= 0.6 is 0 Å². The van der Waals surface area contributed by atoms with Crippen molar-refractivity contribution >= 4 is 92.4 Å². The van der Waals surface area contributed by atoms with Crippen LogP contribution in [-0.4, -0.2) is 137 Å². The van der Waals surface area contributed by atoms with Crippen molar-refractivity contribution in [3.63, 3.8) is 0 Å². The number of esters is 3. The largest absolute Gasteiger partial charge is 0.507 e. The normalized spacial score (nSPS) is 25.6. The number of aliphatic hydroxyl groups excluding tert-OH is 2. The summed E-state index contributed by atoms with van der Waals surface area (Å²) in [6.07, 6.45) is 4.09. The van der Waals surface area contributed by atoms with E-state index in [2.05, 4.69) is 34.3 Å². The second-order valence-electron chi connectivity index (χ2n) is 24.5. The van der Waals surface area contributed by atoms with E-state index >= 15 is 4.79 Å². The number of piperazine rings is 1. The summed E-state index contributed by atoms with van der Waals surface area (Å²) in [6.45, 7) is 24.9. The number of amides is 2. The lowest BCUT2D eigenvalue weighted by Gasteiger charge is -2.38. The minimum Gasteiger partial charge on any atom is -0.507 e. The average molecular weight is 1210 g/mol. The first-order valence-corrected chi connectivity index (χ1v) is 29.4. The van der Waals surface area contributed by atoms with Crippen molar-refractivity contribution in [3.05, 3.63) is 79.5 Å². The molecule has 0 unspecified atom stereocenters. The number of fused-ring (bicyclic) bond motifs is 14. The molecular formula is C64H81N5O18. The third-order valence-electron chi connectivity index (χ3n) is 16.7. The number of allylic oxidation sites excluding steroid dienone is 3. The molecule has 87 heavy (non-hydrogen) atoms. The summed E-state index contributed by atoms with van der Waals surface area (Å²) >= 11 is 0. The van der Waals surface area contributed by atoms with E-state index in [0.29, 0.717) is 24.7 Å². The predicted molar refractivity (Wildman–Crippen MR) is 323 cm³/mol. The van der Waals surface area contributed by atoms with E-state index in [9.17, 15) is 53.7 Å². The number of carbonyl (C=O) groups is 7. The molecular weight excluding hydrogens is 1130 g/mol. The molecule has 4 aromatic rings. The summed E-state index contributed by atoms with van der Waals surface area (Å²) < 4.78 is 36.5. The molecule has 5 bridgehead atoms. The molecule has 0 spiro atoms. The molecule has 1 saturated heterocycles. The fourth-order valence-electron chi connectivity index (χ4n) is 11.4. The fraction of sp³-hybridized carbons (Fsp3) is 0.531. The highest BCUT2D eigenvalue weighted by Gasteiger charge is 2.45. The molecule has 470 valence electrons. The van der Waals surface area contributed by atoms with Gasteiger partial charge in [-0.15, -0.1) is 0 Å². The second kappa shape index (κ2) is 27.2. The van der Waals surface area contributed by atoms with Gasteiger partial charge in [0.1, 0.15) is 53.5 Å². The highest BCUT2D eigenvalue weighted by Crippen LogP contribution is 2.43. The third kappa shape index (κ3) is 14.5. The molecule has 23 heteroatoms. The number of anilines is 2. The Hall–Kier alpha value is -8.18. The Morgan fingerprint density at radius 3 is 2.21 bits per heavy atom. The first kappa shape index (κ1) is 66.3. The third-order valence-corrected chi connectivity index (χ3v) is 16.7. The zero-order chi connectivity index (χ0) is 64.1. The zero-order valence-electron chi connectivity index (χ0n) is 51.6.